The van der Waals surface area contributed by atoms with E-state index < -0.39 is 0 Å². The fourth-order valence-corrected chi connectivity index (χ4v) is 4.79. The third-order valence-electron chi connectivity index (χ3n) is 5.34. The lowest BCUT2D eigenvalue weighted by molar-refractivity contribution is -0.143. The molecule has 1 aliphatic rings. The van der Waals surface area contributed by atoms with Gasteiger partial charge in [0.1, 0.15) is 5.75 Å². The lowest BCUT2D eigenvalue weighted by atomic mass is 9.93. The van der Waals surface area contributed by atoms with E-state index in [4.69, 9.17) is 4.74 Å². The molecule has 0 fully saturated rings. The summed E-state index contributed by atoms with van der Waals surface area (Å²) < 4.78 is 5.29. The molecule has 0 unspecified atom stereocenters. The van der Waals surface area contributed by atoms with Crippen LogP contribution < -0.4 is 4.74 Å². The number of hydrogen-bond acceptors (Lipinski definition) is 4. The van der Waals surface area contributed by atoms with Crippen LogP contribution in [0, 0.1) is 5.92 Å². The molecular weight excluding hydrogens is 384 g/mol. The highest BCUT2D eigenvalue weighted by molar-refractivity contribution is 7.10. The Morgan fingerprint density at radius 3 is 2.59 bits per heavy atom. The number of methoxy groups -OCH3 is 1. The fraction of sp³-hybridized carbons (Fsp3) is 0.478. The van der Waals surface area contributed by atoms with Gasteiger partial charge in [-0.05, 0) is 47.5 Å². The molecule has 6 heteroatoms. The minimum Gasteiger partial charge on any atom is -0.497 e. The minimum absolute atomic E-state index is 0.00474. The highest BCUT2D eigenvalue weighted by Crippen LogP contribution is 2.38. The van der Waals surface area contributed by atoms with Gasteiger partial charge in [0.25, 0.3) is 0 Å². The van der Waals surface area contributed by atoms with E-state index >= 15 is 0 Å². The fourth-order valence-electron chi connectivity index (χ4n) is 3.89. The second-order valence-corrected chi connectivity index (χ2v) is 8.73. The van der Waals surface area contributed by atoms with Crippen molar-refractivity contribution < 1.29 is 14.3 Å². The van der Waals surface area contributed by atoms with E-state index in [1.807, 2.05) is 49.9 Å². The van der Waals surface area contributed by atoms with E-state index in [0.717, 1.165) is 24.2 Å². The smallest absolute Gasteiger partial charge is 0.242 e. The molecule has 0 spiro atoms. The first-order chi connectivity index (χ1) is 14.0. The zero-order valence-corrected chi connectivity index (χ0v) is 18.5. The number of rotatable bonds is 7. The lowest BCUT2D eigenvalue weighted by Crippen LogP contribution is -2.47. The molecule has 0 saturated heterocycles. The normalized spacial score (nSPS) is 15.9. The van der Waals surface area contributed by atoms with Gasteiger partial charge >= 0.3 is 0 Å². The average Bonchev–Trinajstić information content (AvgIpc) is 3.21. The van der Waals surface area contributed by atoms with Crippen LogP contribution in [0.3, 0.4) is 0 Å². The van der Waals surface area contributed by atoms with Crippen molar-refractivity contribution in [3.8, 4) is 5.75 Å². The van der Waals surface area contributed by atoms with E-state index in [9.17, 15) is 9.59 Å². The van der Waals surface area contributed by atoms with Crippen molar-refractivity contribution in [1.29, 1.82) is 0 Å². The summed E-state index contributed by atoms with van der Waals surface area (Å²) >= 11 is 1.75. The molecule has 2 amide bonds. The number of carbonyl (C=O) groups is 2. The highest BCUT2D eigenvalue weighted by Gasteiger charge is 2.34. The highest BCUT2D eigenvalue weighted by atomic mass is 32.1. The SMILES string of the molecule is CCCN(CC(=O)N1CCc2sccc2[C@H]1c1ccc(OC)cc1)C(=O)C(C)C. The molecule has 1 aromatic heterocycles. The first-order valence-corrected chi connectivity index (χ1v) is 11.1. The largest absolute Gasteiger partial charge is 0.497 e. The molecule has 1 aliphatic heterocycles. The van der Waals surface area contributed by atoms with Gasteiger partial charge in [0.15, 0.2) is 0 Å². The van der Waals surface area contributed by atoms with E-state index in [1.165, 1.54) is 10.4 Å². The van der Waals surface area contributed by atoms with Gasteiger partial charge in [-0.25, -0.2) is 0 Å². The number of nitrogens with zero attached hydrogens (tertiary/aromatic N) is 2. The Labute approximate surface area is 177 Å². The first kappa shape index (κ1) is 21.4. The van der Waals surface area contributed by atoms with Crippen molar-refractivity contribution in [3.05, 3.63) is 51.7 Å². The molecule has 0 saturated carbocycles. The zero-order chi connectivity index (χ0) is 21.0. The Hall–Kier alpha value is -2.34. The number of hydrogen-bond donors (Lipinski definition) is 0. The number of thiophene rings is 1. The monoisotopic (exact) mass is 414 g/mol. The Bertz CT molecular complexity index is 844. The van der Waals surface area contributed by atoms with Gasteiger partial charge in [-0.1, -0.05) is 32.9 Å². The third-order valence-corrected chi connectivity index (χ3v) is 6.34. The molecule has 1 atom stereocenters. The van der Waals surface area contributed by atoms with Gasteiger partial charge in [-0.3, -0.25) is 9.59 Å². The maximum absolute atomic E-state index is 13.4. The van der Waals surface area contributed by atoms with Crippen LogP contribution >= 0.6 is 11.3 Å². The molecular formula is C23H30N2O3S. The second-order valence-electron chi connectivity index (χ2n) is 7.73. The predicted molar refractivity (Wildman–Crippen MR) is 116 cm³/mol. The predicted octanol–water partition coefficient (Wildman–Crippen LogP) is 4.13. The van der Waals surface area contributed by atoms with Crippen LogP contribution in [0.25, 0.3) is 0 Å². The summed E-state index contributed by atoms with van der Waals surface area (Å²) in [5.74, 6) is 0.723. The van der Waals surface area contributed by atoms with Crippen molar-refractivity contribution in [2.24, 2.45) is 5.92 Å². The molecule has 2 heterocycles. The lowest BCUT2D eigenvalue weighted by Gasteiger charge is -2.38. The van der Waals surface area contributed by atoms with E-state index in [0.29, 0.717) is 13.1 Å². The molecule has 0 N–H and O–H groups in total. The summed E-state index contributed by atoms with van der Waals surface area (Å²) in [6, 6.07) is 9.92. The Morgan fingerprint density at radius 1 is 1.24 bits per heavy atom. The van der Waals surface area contributed by atoms with Gasteiger partial charge in [0.2, 0.25) is 11.8 Å². The Balaban J connectivity index is 1.89. The van der Waals surface area contributed by atoms with E-state index in [1.54, 1.807) is 23.3 Å². The molecule has 1 aromatic carbocycles. The zero-order valence-electron chi connectivity index (χ0n) is 17.7. The molecule has 0 radical (unpaired) electrons. The van der Waals surface area contributed by atoms with Crippen molar-refractivity contribution in [3.63, 3.8) is 0 Å². The summed E-state index contributed by atoms with van der Waals surface area (Å²) in [6.07, 6.45) is 1.69. The summed E-state index contributed by atoms with van der Waals surface area (Å²) in [5.41, 5.74) is 2.26. The number of carbonyl (C=O) groups excluding carboxylic acids is 2. The van der Waals surface area contributed by atoms with Crippen molar-refractivity contribution in [1.82, 2.24) is 9.80 Å². The van der Waals surface area contributed by atoms with Crippen LogP contribution in [0.4, 0.5) is 0 Å². The summed E-state index contributed by atoms with van der Waals surface area (Å²) in [7, 11) is 1.65. The van der Waals surface area contributed by atoms with Crippen LogP contribution in [-0.2, 0) is 16.0 Å². The summed E-state index contributed by atoms with van der Waals surface area (Å²) in [4.78, 5) is 30.9. The average molecular weight is 415 g/mol. The summed E-state index contributed by atoms with van der Waals surface area (Å²) in [6.45, 7) is 7.20. The van der Waals surface area contributed by atoms with Crippen LogP contribution in [0.1, 0.15) is 49.2 Å². The standard InChI is InChI=1S/C23H30N2O3S/c1-5-12-24(23(27)16(2)3)15-21(26)25-13-10-20-19(11-14-29-20)22(25)17-6-8-18(28-4)9-7-17/h6-9,11,14,16,22H,5,10,12-13,15H2,1-4H3/t22-/m1/s1. The van der Waals surface area contributed by atoms with Crippen molar-refractivity contribution >= 4 is 23.2 Å². The quantitative estimate of drug-likeness (QED) is 0.685. The first-order valence-electron chi connectivity index (χ1n) is 10.2. The Morgan fingerprint density at radius 2 is 1.97 bits per heavy atom. The topological polar surface area (TPSA) is 49.9 Å². The van der Waals surface area contributed by atoms with Gasteiger partial charge in [-0.15, -0.1) is 11.3 Å². The Kier molecular flexibility index (Phi) is 6.96. The second kappa shape index (κ2) is 9.44. The van der Waals surface area contributed by atoms with Crippen LogP contribution in [-0.4, -0.2) is 48.4 Å². The molecule has 5 nitrogen and oxygen atoms in total. The molecule has 3 rings (SSSR count). The maximum Gasteiger partial charge on any atom is 0.242 e. The molecule has 0 bridgehead atoms. The number of fused-ring (bicyclic) bond motifs is 1. The minimum atomic E-state index is -0.124. The number of amides is 2. The van der Waals surface area contributed by atoms with Crippen LogP contribution in [0.2, 0.25) is 0 Å². The van der Waals surface area contributed by atoms with Gasteiger partial charge in [0.05, 0.1) is 19.7 Å². The van der Waals surface area contributed by atoms with Gasteiger partial charge < -0.3 is 14.5 Å². The number of ether oxygens (including phenoxy) is 1. The van der Waals surface area contributed by atoms with E-state index in [-0.39, 0.29) is 30.3 Å². The summed E-state index contributed by atoms with van der Waals surface area (Å²) in [5, 5.41) is 2.10. The third kappa shape index (κ3) is 4.64. The molecule has 29 heavy (non-hydrogen) atoms. The van der Waals surface area contributed by atoms with Gasteiger partial charge in [-0.2, -0.15) is 0 Å². The maximum atomic E-state index is 13.4. The molecule has 0 aliphatic carbocycles. The van der Waals surface area contributed by atoms with E-state index in [2.05, 4.69) is 11.4 Å². The molecule has 156 valence electrons. The van der Waals surface area contributed by atoms with Crippen LogP contribution in [0.5, 0.6) is 5.75 Å². The van der Waals surface area contributed by atoms with Gasteiger partial charge in [0, 0.05) is 23.9 Å². The van der Waals surface area contributed by atoms with Crippen LogP contribution in [0.15, 0.2) is 35.7 Å². The van der Waals surface area contributed by atoms with Crippen molar-refractivity contribution in [2.75, 3.05) is 26.7 Å². The molecule has 2 aromatic rings. The van der Waals surface area contributed by atoms with Crippen molar-refractivity contribution in [2.45, 2.75) is 39.7 Å². The number of benzene rings is 1.